The van der Waals surface area contributed by atoms with Gasteiger partial charge in [-0.05, 0) is 23.8 Å². The van der Waals surface area contributed by atoms with Gasteiger partial charge in [-0.3, -0.25) is 4.98 Å². The molecule has 3 aliphatic rings. The summed E-state index contributed by atoms with van der Waals surface area (Å²) in [5.41, 5.74) is 1.90. The minimum Gasteiger partial charge on any atom is -0.492 e. The standard InChI is InChI=1S/C24H19F3N2O3/c25-24(26,27)16-5-6-28-11-15(16)12-29-13-23(17-3-1-2-4-19(17)29)14-32-20-10-22-21(9-18(20)23)30-7-8-31-22/h1-6,9-11H,7-8,12-14H2. The summed E-state index contributed by atoms with van der Waals surface area (Å²) in [7, 11) is 0. The molecule has 32 heavy (non-hydrogen) atoms. The lowest BCUT2D eigenvalue weighted by Crippen LogP contribution is -2.36. The van der Waals surface area contributed by atoms with Crippen LogP contribution in [-0.4, -0.2) is 31.3 Å². The monoisotopic (exact) mass is 440 g/mol. The van der Waals surface area contributed by atoms with Crippen molar-refractivity contribution < 1.29 is 27.4 Å². The number of nitrogens with zero attached hydrogens (tertiary/aromatic N) is 2. The van der Waals surface area contributed by atoms with Crippen LogP contribution in [0, 0.1) is 0 Å². The fourth-order valence-corrected chi connectivity index (χ4v) is 5.02. The molecule has 0 radical (unpaired) electrons. The summed E-state index contributed by atoms with van der Waals surface area (Å²) in [5, 5.41) is 0. The van der Waals surface area contributed by atoms with Crippen LogP contribution in [0.3, 0.4) is 0 Å². The molecule has 3 aromatic rings. The molecule has 0 saturated carbocycles. The van der Waals surface area contributed by atoms with E-state index in [-0.39, 0.29) is 12.1 Å². The number of pyridine rings is 1. The number of para-hydroxylation sites is 1. The summed E-state index contributed by atoms with van der Waals surface area (Å²) >= 11 is 0. The lowest BCUT2D eigenvalue weighted by atomic mass is 9.77. The normalized spacial score (nSPS) is 20.8. The van der Waals surface area contributed by atoms with Crippen molar-refractivity contribution in [1.29, 1.82) is 0 Å². The van der Waals surface area contributed by atoms with Crippen molar-refractivity contribution >= 4 is 5.69 Å². The predicted molar refractivity (Wildman–Crippen MR) is 110 cm³/mol. The smallest absolute Gasteiger partial charge is 0.416 e. The van der Waals surface area contributed by atoms with Crippen LogP contribution < -0.4 is 19.1 Å². The van der Waals surface area contributed by atoms with E-state index in [2.05, 4.69) is 4.98 Å². The average molecular weight is 440 g/mol. The van der Waals surface area contributed by atoms with E-state index in [0.717, 1.165) is 28.6 Å². The van der Waals surface area contributed by atoms with Crippen LogP contribution in [0.25, 0.3) is 0 Å². The summed E-state index contributed by atoms with van der Waals surface area (Å²) in [6.45, 7) is 1.95. The van der Waals surface area contributed by atoms with Gasteiger partial charge in [-0.15, -0.1) is 0 Å². The second-order valence-electron chi connectivity index (χ2n) is 8.27. The number of hydrogen-bond donors (Lipinski definition) is 0. The number of aromatic nitrogens is 1. The van der Waals surface area contributed by atoms with Crippen molar-refractivity contribution in [3.8, 4) is 17.2 Å². The summed E-state index contributed by atoms with van der Waals surface area (Å²) in [6.07, 6.45) is -1.95. The molecule has 0 N–H and O–H groups in total. The number of rotatable bonds is 2. The highest BCUT2D eigenvalue weighted by molar-refractivity contribution is 5.71. The molecule has 1 atom stereocenters. The number of anilines is 1. The van der Waals surface area contributed by atoms with Gasteiger partial charge in [0.05, 0.1) is 11.0 Å². The Balaban J connectivity index is 1.43. The number of alkyl halides is 3. The van der Waals surface area contributed by atoms with Gasteiger partial charge in [-0.1, -0.05) is 18.2 Å². The first-order chi connectivity index (χ1) is 15.5. The lowest BCUT2D eigenvalue weighted by molar-refractivity contribution is -0.138. The Morgan fingerprint density at radius 3 is 2.53 bits per heavy atom. The van der Waals surface area contributed by atoms with Crippen molar-refractivity contribution in [2.24, 2.45) is 0 Å². The molecule has 0 bridgehead atoms. The summed E-state index contributed by atoms with van der Waals surface area (Å²) in [6, 6.07) is 12.7. The second-order valence-corrected chi connectivity index (χ2v) is 8.27. The summed E-state index contributed by atoms with van der Waals surface area (Å²) in [5.74, 6) is 2.05. The Morgan fingerprint density at radius 2 is 1.72 bits per heavy atom. The SMILES string of the molecule is FC(F)(F)c1ccncc1CN1CC2(COc3cc4c(cc32)OCCO4)c2ccccc21. The van der Waals surface area contributed by atoms with Gasteiger partial charge >= 0.3 is 6.18 Å². The third-order valence-electron chi connectivity index (χ3n) is 6.43. The van der Waals surface area contributed by atoms with Crippen LogP contribution in [0.5, 0.6) is 17.2 Å². The number of ether oxygens (including phenoxy) is 3. The second kappa shape index (κ2) is 6.79. The molecule has 6 rings (SSSR count). The van der Waals surface area contributed by atoms with Crippen LogP contribution in [0.1, 0.15) is 22.3 Å². The van der Waals surface area contributed by atoms with Gasteiger partial charge in [0.1, 0.15) is 25.6 Å². The van der Waals surface area contributed by atoms with E-state index in [9.17, 15) is 13.2 Å². The van der Waals surface area contributed by atoms with E-state index in [0.29, 0.717) is 37.9 Å². The lowest BCUT2D eigenvalue weighted by Gasteiger charge is -2.27. The van der Waals surface area contributed by atoms with E-state index < -0.39 is 17.2 Å². The molecule has 0 saturated heterocycles. The van der Waals surface area contributed by atoms with Crippen LogP contribution in [-0.2, 0) is 18.1 Å². The Hall–Kier alpha value is -3.42. The van der Waals surface area contributed by atoms with E-state index in [1.807, 2.05) is 41.3 Å². The van der Waals surface area contributed by atoms with E-state index in [1.165, 1.54) is 12.4 Å². The predicted octanol–water partition coefficient (Wildman–Crippen LogP) is 4.57. The fourth-order valence-electron chi connectivity index (χ4n) is 5.02. The van der Waals surface area contributed by atoms with Crippen molar-refractivity contribution in [2.45, 2.75) is 18.1 Å². The van der Waals surface area contributed by atoms with Gasteiger partial charge in [0.15, 0.2) is 11.5 Å². The van der Waals surface area contributed by atoms with Gasteiger partial charge in [-0.2, -0.15) is 13.2 Å². The molecule has 5 nitrogen and oxygen atoms in total. The molecule has 0 amide bonds. The van der Waals surface area contributed by atoms with Gasteiger partial charge in [0.25, 0.3) is 0 Å². The zero-order valence-electron chi connectivity index (χ0n) is 17.0. The molecular weight excluding hydrogens is 421 g/mol. The van der Waals surface area contributed by atoms with Crippen LogP contribution >= 0.6 is 0 Å². The van der Waals surface area contributed by atoms with Crippen molar-refractivity contribution in [2.75, 3.05) is 31.3 Å². The minimum absolute atomic E-state index is 0.0985. The highest BCUT2D eigenvalue weighted by Crippen LogP contribution is 2.54. The van der Waals surface area contributed by atoms with Crippen LogP contribution in [0.15, 0.2) is 54.9 Å². The number of hydrogen-bond acceptors (Lipinski definition) is 5. The summed E-state index contributed by atoms with van der Waals surface area (Å²) in [4.78, 5) is 5.93. The zero-order chi connectivity index (χ0) is 21.9. The van der Waals surface area contributed by atoms with Gasteiger partial charge < -0.3 is 19.1 Å². The van der Waals surface area contributed by atoms with Crippen molar-refractivity contribution in [3.63, 3.8) is 0 Å². The first kappa shape index (κ1) is 19.3. The first-order valence-electron chi connectivity index (χ1n) is 10.4. The molecule has 3 aliphatic heterocycles. The fraction of sp³-hybridized carbons (Fsp3) is 0.292. The van der Waals surface area contributed by atoms with Crippen LogP contribution in [0.4, 0.5) is 18.9 Å². The number of fused-ring (bicyclic) bond motifs is 5. The third-order valence-corrected chi connectivity index (χ3v) is 6.43. The highest BCUT2D eigenvalue weighted by atomic mass is 19.4. The molecule has 1 spiro atoms. The molecule has 1 unspecified atom stereocenters. The molecule has 164 valence electrons. The van der Waals surface area contributed by atoms with E-state index in [1.54, 1.807) is 0 Å². The maximum Gasteiger partial charge on any atom is 0.416 e. The number of halogens is 3. The first-order valence-corrected chi connectivity index (χ1v) is 10.4. The Morgan fingerprint density at radius 1 is 0.938 bits per heavy atom. The van der Waals surface area contributed by atoms with Crippen molar-refractivity contribution in [1.82, 2.24) is 4.98 Å². The zero-order valence-corrected chi connectivity index (χ0v) is 17.0. The minimum atomic E-state index is -4.44. The molecule has 4 heterocycles. The maximum atomic E-state index is 13.6. The van der Waals surface area contributed by atoms with Crippen molar-refractivity contribution in [3.05, 3.63) is 77.1 Å². The summed E-state index contributed by atoms with van der Waals surface area (Å²) < 4.78 is 58.3. The maximum absolute atomic E-state index is 13.6. The highest BCUT2D eigenvalue weighted by Gasteiger charge is 2.50. The topological polar surface area (TPSA) is 43.8 Å². The molecule has 0 aliphatic carbocycles. The third kappa shape index (κ3) is 2.82. The largest absolute Gasteiger partial charge is 0.492 e. The van der Waals surface area contributed by atoms with Gasteiger partial charge in [0, 0.05) is 48.4 Å². The Labute approximate surface area is 182 Å². The van der Waals surface area contributed by atoms with E-state index in [4.69, 9.17) is 14.2 Å². The average Bonchev–Trinajstić information content (AvgIpc) is 3.30. The number of benzene rings is 2. The molecular formula is C24H19F3N2O3. The Bertz CT molecular complexity index is 1210. The van der Waals surface area contributed by atoms with E-state index >= 15 is 0 Å². The van der Waals surface area contributed by atoms with Gasteiger partial charge in [0.2, 0.25) is 0 Å². The van der Waals surface area contributed by atoms with Crippen LogP contribution in [0.2, 0.25) is 0 Å². The van der Waals surface area contributed by atoms with Gasteiger partial charge in [-0.25, -0.2) is 0 Å². The quantitative estimate of drug-likeness (QED) is 0.584. The molecule has 1 aromatic heterocycles. The molecule has 2 aromatic carbocycles. The molecule has 8 heteroatoms. The molecule has 0 fully saturated rings. The Kier molecular flexibility index (Phi) is 4.09.